The number of aromatic nitrogens is 3. The van der Waals surface area contributed by atoms with Crippen LogP contribution in [0, 0.1) is 12.7 Å². The minimum atomic E-state index is -0.247. The van der Waals surface area contributed by atoms with E-state index < -0.39 is 0 Å². The molecule has 1 amide bonds. The molecule has 0 aliphatic carbocycles. The lowest BCUT2D eigenvalue weighted by Crippen LogP contribution is -2.14. The van der Waals surface area contributed by atoms with Crippen LogP contribution in [-0.4, -0.2) is 26.4 Å². The first-order valence-corrected chi connectivity index (χ1v) is 9.24. The summed E-state index contributed by atoms with van der Waals surface area (Å²) >= 11 is 1.33. The highest BCUT2D eigenvalue weighted by Gasteiger charge is 2.15. The molecule has 1 aromatic heterocycles. The van der Waals surface area contributed by atoms with Crippen LogP contribution in [-0.2, 0) is 11.3 Å². The van der Waals surface area contributed by atoms with Gasteiger partial charge in [0.1, 0.15) is 5.82 Å². The minimum Gasteiger partial charge on any atom is -0.325 e. The van der Waals surface area contributed by atoms with Crippen molar-refractivity contribution in [3.8, 4) is 11.4 Å². The Morgan fingerprint density at radius 1 is 1.19 bits per heavy atom. The summed E-state index contributed by atoms with van der Waals surface area (Å²) in [7, 11) is 0. The number of para-hydroxylation sites is 1. The second-order valence-electron chi connectivity index (χ2n) is 5.72. The zero-order valence-electron chi connectivity index (χ0n) is 14.6. The third-order valence-electron chi connectivity index (χ3n) is 3.84. The quantitative estimate of drug-likeness (QED) is 0.663. The Morgan fingerprint density at radius 2 is 1.96 bits per heavy atom. The van der Waals surface area contributed by atoms with Gasteiger partial charge in [0.15, 0.2) is 11.0 Å². The minimum absolute atomic E-state index is 0.106. The molecule has 26 heavy (non-hydrogen) atoms. The maximum absolute atomic E-state index is 13.5. The molecule has 1 heterocycles. The van der Waals surface area contributed by atoms with Gasteiger partial charge in [-0.05, 0) is 49.7 Å². The molecule has 0 fully saturated rings. The predicted octanol–water partition coefficient (Wildman–Crippen LogP) is 4.14. The fourth-order valence-electron chi connectivity index (χ4n) is 2.53. The number of hydrogen-bond acceptors (Lipinski definition) is 4. The average Bonchev–Trinajstić information content (AvgIpc) is 3.06. The molecule has 0 unspecified atom stereocenters. The van der Waals surface area contributed by atoms with Crippen LogP contribution in [0.15, 0.2) is 53.7 Å². The maximum Gasteiger partial charge on any atom is 0.234 e. The molecule has 0 bridgehead atoms. The van der Waals surface area contributed by atoms with Crippen molar-refractivity contribution in [1.29, 1.82) is 0 Å². The van der Waals surface area contributed by atoms with E-state index in [9.17, 15) is 9.18 Å². The van der Waals surface area contributed by atoms with Gasteiger partial charge >= 0.3 is 0 Å². The number of thioether (sulfide) groups is 1. The van der Waals surface area contributed by atoms with E-state index in [1.165, 1.54) is 17.8 Å². The number of halogens is 1. The standard InChI is InChI=1S/C19H19FN4OS/c1-3-24-18(14-9-10-16(20)13(2)11-14)22-23-19(24)26-12-17(25)21-15-7-5-4-6-8-15/h4-11H,3,12H2,1-2H3,(H,21,25). The Bertz CT molecular complexity index is 911. The number of benzene rings is 2. The topological polar surface area (TPSA) is 59.8 Å². The lowest BCUT2D eigenvalue weighted by molar-refractivity contribution is -0.113. The third kappa shape index (κ3) is 4.11. The number of nitrogens with one attached hydrogen (secondary N) is 1. The zero-order valence-corrected chi connectivity index (χ0v) is 15.4. The number of hydrogen-bond donors (Lipinski definition) is 1. The van der Waals surface area contributed by atoms with Crippen LogP contribution in [0.5, 0.6) is 0 Å². The Kier molecular flexibility index (Phi) is 5.68. The molecule has 134 valence electrons. The number of rotatable bonds is 6. The molecule has 0 atom stereocenters. The molecule has 0 aliphatic rings. The van der Waals surface area contributed by atoms with Crippen molar-refractivity contribution >= 4 is 23.4 Å². The van der Waals surface area contributed by atoms with Crippen LogP contribution in [0.3, 0.4) is 0 Å². The molecule has 0 spiro atoms. The molecule has 3 aromatic rings. The predicted molar refractivity (Wildman–Crippen MR) is 102 cm³/mol. The van der Waals surface area contributed by atoms with Crippen LogP contribution in [0.1, 0.15) is 12.5 Å². The number of carbonyl (C=O) groups is 1. The number of nitrogens with zero attached hydrogens (tertiary/aromatic N) is 3. The normalized spacial score (nSPS) is 10.7. The van der Waals surface area contributed by atoms with E-state index in [2.05, 4.69) is 15.5 Å². The highest BCUT2D eigenvalue weighted by atomic mass is 32.2. The number of aryl methyl sites for hydroxylation is 1. The first-order chi connectivity index (χ1) is 12.6. The van der Waals surface area contributed by atoms with Crippen molar-refractivity contribution in [2.75, 3.05) is 11.1 Å². The maximum atomic E-state index is 13.5. The molecule has 3 rings (SSSR count). The Labute approximate surface area is 155 Å². The lowest BCUT2D eigenvalue weighted by atomic mass is 10.1. The summed E-state index contributed by atoms with van der Waals surface area (Å²) in [4.78, 5) is 12.1. The van der Waals surface area contributed by atoms with Crippen LogP contribution < -0.4 is 5.32 Å². The van der Waals surface area contributed by atoms with Gasteiger partial charge in [-0.2, -0.15) is 0 Å². The van der Waals surface area contributed by atoms with E-state index in [4.69, 9.17) is 0 Å². The second kappa shape index (κ2) is 8.14. The largest absolute Gasteiger partial charge is 0.325 e. The van der Waals surface area contributed by atoms with Gasteiger partial charge < -0.3 is 9.88 Å². The van der Waals surface area contributed by atoms with Gasteiger partial charge in [-0.25, -0.2) is 4.39 Å². The van der Waals surface area contributed by atoms with Crippen molar-refractivity contribution in [1.82, 2.24) is 14.8 Å². The van der Waals surface area contributed by atoms with Crippen molar-refractivity contribution in [3.63, 3.8) is 0 Å². The molecule has 5 nitrogen and oxygen atoms in total. The lowest BCUT2D eigenvalue weighted by Gasteiger charge is -2.08. The van der Waals surface area contributed by atoms with E-state index in [1.54, 1.807) is 19.1 Å². The Hall–Kier alpha value is -2.67. The Balaban J connectivity index is 1.72. The van der Waals surface area contributed by atoms with E-state index in [-0.39, 0.29) is 17.5 Å². The summed E-state index contributed by atoms with van der Waals surface area (Å²) in [6, 6.07) is 14.2. The first-order valence-electron chi connectivity index (χ1n) is 8.26. The highest BCUT2D eigenvalue weighted by molar-refractivity contribution is 7.99. The second-order valence-corrected chi connectivity index (χ2v) is 6.66. The van der Waals surface area contributed by atoms with E-state index in [0.717, 1.165) is 11.3 Å². The molecule has 0 saturated carbocycles. The number of amides is 1. The summed E-state index contributed by atoms with van der Waals surface area (Å²) in [6.07, 6.45) is 0. The highest BCUT2D eigenvalue weighted by Crippen LogP contribution is 2.25. The Morgan fingerprint density at radius 3 is 2.65 bits per heavy atom. The van der Waals surface area contributed by atoms with Gasteiger partial charge in [0.2, 0.25) is 5.91 Å². The van der Waals surface area contributed by atoms with Crippen molar-refractivity contribution in [2.24, 2.45) is 0 Å². The van der Waals surface area contributed by atoms with Crippen LogP contribution in [0.2, 0.25) is 0 Å². The zero-order chi connectivity index (χ0) is 18.5. The molecular weight excluding hydrogens is 351 g/mol. The number of carbonyl (C=O) groups excluding carboxylic acids is 1. The van der Waals surface area contributed by atoms with Gasteiger partial charge in [-0.15, -0.1) is 10.2 Å². The molecule has 1 N–H and O–H groups in total. The van der Waals surface area contributed by atoms with Crippen molar-refractivity contribution < 1.29 is 9.18 Å². The monoisotopic (exact) mass is 370 g/mol. The molecule has 0 aliphatic heterocycles. The van der Waals surface area contributed by atoms with Crippen LogP contribution >= 0.6 is 11.8 Å². The molecule has 2 aromatic carbocycles. The molecule has 0 radical (unpaired) electrons. The van der Waals surface area contributed by atoms with E-state index >= 15 is 0 Å². The summed E-state index contributed by atoms with van der Waals surface area (Å²) in [5.74, 6) is 0.547. The molecule has 0 saturated heterocycles. The van der Waals surface area contributed by atoms with Gasteiger partial charge in [0.25, 0.3) is 0 Å². The van der Waals surface area contributed by atoms with Crippen LogP contribution in [0.4, 0.5) is 10.1 Å². The van der Waals surface area contributed by atoms with Gasteiger partial charge in [0.05, 0.1) is 5.75 Å². The van der Waals surface area contributed by atoms with Gasteiger partial charge in [0, 0.05) is 17.8 Å². The summed E-state index contributed by atoms with van der Waals surface area (Å²) in [5.41, 5.74) is 2.13. The smallest absolute Gasteiger partial charge is 0.234 e. The van der Waals surface area contributed by atoms with E-state index in [1.807, 2.05) is 41.8 Å². The fourth-order valence-corrected chi connectivity index (χ4v) is 3.33. The third-order valence-corrected chi connectivity index (χ3v) is 4.81. The van der Waals surface area contributed by atoms with Gasteiger partial charge in [-0.3, -0.25) is 4.79 Å². The number of anilines is 1. The summed E-state index contributed by atoms with van der Waals surface area (Å²) in [6.45, 7) is 4.35. The fraction of sp³-hybridized carbons (Fsp3) is 0.211. The summed E-state index contributed by atoms with van der Waals surface area (Å²) in [5, 5.41) is 11.9. The van der Waals surface area contributed by atoms with Gasteiger partial charge in [-0.1, -0.05) is 30.0 Å². The first kappa shape index (κ1) is 18.1. The van der Waals surface area contributed by atoms with Crippen molar-refractivity contribution in [3.05, 3.63) is 59.9 Å². The molecule has 7 heteroatoms. The average molecular weight is 370 g/mol. The molecular formula is C19H19FN4OS. The van der Waals surface area contributed by atoms with Crippen LogP contribution in [0.25, 0.3) is 11.4 Å². The SMILES string of the molecule is CCn1c(SCC(=O)Nc2ccccc2)nnc1-c1ccc(F)c(C)c1. The van der Waals surface area contributed by atoms with E-state index in [0.29, 0.717) is 23.1 Å². The van der Waals surface area contributed by atoms with Crippen molar-refractivity contribution in [2.45, 2.75) is 25.5 Å². The summed E-state index contributed by atoms with van der Waals surface area (Å²) < 4.78 is 15.4.